The Balaban J connectivity index is 2.35. The number of aromatic hydroxyl groups is 1. The van der Waals surface area contributed by atoms with E-state index in [1.165, 1.54) is 65.8 Å². The standard InChI is InChI=1S/C91H150N24O32/c1-13-45(8)71(112-74(130)47(10)100-87(143)69(43(4)5)110-82(138)57(35-42(2)3)107-84(140)60(40-116)108-88(144)70(44(6)7)111-90(146)73(49(12)119)114-83(139)58(36-50-22-24-51(120)25-23-50)106-76(132)52(94)26-30-66(124)125)89(145)105-53(19-14-16-32-92)77(133)97-38-65(123)101-59(37-64(96)122)81(137)103-55(27-29-63(95)121)79(135)102-56(28-31-67(126)127)80(136)109-61(41-117)91(147)115-34-18-21-62(115)85(141)104-54(20-15-17-33-93)78(134)99-46(9)75(131)113-72(48(11)118)86(142)98-39-68(128)129/h22-25,42-49,52-62,69-73,116-120H,13-21,26-41,92-94H2,1-12H3,(H2,95,121)(H2,96,122)(H,97,133)(H,98,142)(H,99,134)(H,100,143)(H,101,123)(H,102,135)(H,103,137)(H,104,141)(H,105,145)(H,106,132)(H,107,140)(H,108,144)(H,109,136)(H,110,138)(H,111,146)(H,112,130)(H,113,131)(H,114,139)(H,124,125)(H,126,127)(H,128,129)/t45-,46-,47-,48+,49+,52-,53-,54-,55-,56-,57-,58-,59-,60-,61-,62-,69-,70-,71-,72-,73-/m0/s1. The third kappa shape index (κ3) is 46.5. The average molecular weight is 2090 g/mol. The van der Waals surface area contributed by atoms with Gasteiger partial charge < -0.3 is 170 Å². The summed E-state index contributed by atoms with van der Waals surface area (Å²) in [6.45, 7) is 13.2. The first-order valence-electron chi connectivity index (χ1n) is 48.3. The Morgan fingerprint density at radius 1 is 0.388 bits per heavy atom. The maximum atomic E-state index is 14.4. The summed E-state index contributed by atoms with van der Waals surface area (Å²) in [7, 11) is 0. The predicted molar refractivity (Wildman–Crippen MR) is 518 cm³/mol. The molecule has 1 aliphatic rings. The SMILES string of the molecule is CC[C@H](C)[C@H](NC(=O)[C@H](C)NC(=O)[C@@H](NC(=O)[C@H](CC(C)C)NC(=O)[C@H](CO)NC(=O)[C@@H](NC(=O)[C@@H](NC(=O)[C@H](Cc1ccc(O)cc1)NC(=O)[C@@H](N)CCC(=O)O)[C@@H](C)O)C(C)C)C(C)C)C(=O)N[C@@H](CCCCN)C(=O)NCC(=O)N[C@@H](CC(N)=O)C(=O)N[C@@H](CCC(N)=O)C(=O)N[C@@H](CCC(=O)O)C(=O)N[C@@H](CO)C(=O)N1CCC[C@H]1C(=O)N[C@@H](CCCCN)C(=O)N[C@@H](C)C(=O)N[C@H](C(=O)NCC(=O)O)[C@@H](C)O. The highest BCUT2D eigenvalue weighted by molar-refractivity contribution is 6.03. The molecule has 21 amide bonds. The molecule has 1 heterocycles. The highest BCUT2D eigenvalue weighted by atomic mass is 16.4. The molecule has 1 saturated heterocycles. The Labute approximate surface area is 848 Å². The quantitative estimate of drug-likeness (QED) is 0.0269. The molecule has 2 rings (SSSR count). The lowest BCUT2D eigenvalue weighted by atomic mass is 9.97. The van der Waals surface area contributed by atoms with Gasteiger partial charge in [0.2, 0.25) is 124 Å². The highest BCUT2D eigenvalue weighted by Crippen LogP contribution is 2.22. The molecule has 147 heavy (non-hydrogen) atoms. The van der Waals surface area contributed by atoms with Crippen LogP contribution in [-0.2, 0) is 121 Å². The number of hydrogen-bond acceptors (Lipinski definition) is 32. The molecule has 0 spiro atoms. The van der Waals surface area contributed by atoms with E-state index in [-0.39, 0.29) is 102 Å². The molecule has 36 N–H and O–H groups in total. The largest absolute Gasteiger partial charge is 0.508 e. The van der Waals surface area contributed by atoms with Crippen molar-refractivity contribution in [3.63, 3.8) is 0 Å². The number of aliphatic carboxylic acids is 3. The van der Waals surface area contributed by atoms with Crippen molar-refractivity contribution in [1.82, 2.24) is 101 Å². The van der Waals surface area contributed by atoms with E-state index in [4.69, 9.17) is 38.9 Å². The molecule has 21 atom stereocenters. The van der Waals surface area contributed by atoms with E-state index in [9.17, 15) is 146 Å². The van der Waals surface area contributed by atoms with Gasteiger partial charge in [-0.3, -0.25) is 115 Å². The van der Waals surface area contributed by atoms with Crippen LogP contribution in [0, 0.1) is 23.7 Å². The zero-order chi connectivity index (χ0) is 112. The van der Waals surface area contributed by atoms with Crippen LogP contribution in [0.4, 0.5) is 0 Å². The van der Waals surface area contributed by atoms with Gasteiger partial charge in [0, 0.05) is 32.2 Å². The number of carbonyl (C=O) groups excluding carboxylic acids is 21. The molecule has 0 aliphatic carbocycles. The van der Waals surface area contributed by atoms with Crippen LogP contribution in [-0.4, -0.2) is 355 Å². The van der Waals surface area contributed by atoms with Crippen LogP contribution in [0.25, 0.3) is 0 Å². The van der Waals surface area contributed by atoms with E-state index in [1.807, 2.05) is 5.32 Å². The number of rotatable bonds is 69. The molecule has 56 nitrogen and oxygen atoms in total. The van der Waals surface area contributed by atoms with Crippen molar-refractivity contribution in [2.75, 3.05) is 45.9 Å². The molecule has 0 bridgehead atoms. The molecule has 0 aromatic heterocycles. The van der Waals surface area contributed by atoms with Gasteiger partial charge in [0.1, 0.15) is 115 Å². The third-order valence-corrected chi connectivity index (χ3v) is 23.4. The first-order valence-corrected chi connectivity index (χ1v) is 48.3. The number of benzene rings is 1. The average Bonchev–Trinajstić information content (AvgIpc) is 1.70. The summed E-state index contributed by atoms with van der Waals surface area (Å²) in [5.74, 6) is -29.8. The number of carboxylic acids is 3. The third-order valence-electron chi connectivity index (χ3n) is 23.4. The normalized spacial score (nSPS) is 16.3. The van der Waals surface area contributed by atoms with Gasteiger partial charge in [-0.25, -0.2) is 0 Å². The van der Waals surface area contributed by atoms with Crippen LogP contribution in [0.2, 0.25) is 0 Å². The number of primary amides is 2. The first kappa shape index (κ1) is 129. The molecule has 56 heteroatoms. The van der Waals surface area contributed by atoms with Crippen LogP contribution in [0.3, 0.4) is 0 Å². The number of nitrogens with zero attached hydrogens (tertiary/aromatic N) is 1. The Morgan fingerprint density at radius 2 is 0.782 bits per heavy atom. The van der Waals surface area contributed by atoms with Crippen molar-refractivity contribution in [3.05, 3.63) is 29.8 Å². The topological polar surface area (TPSA) is 921 Å². The number of nitrogens with two attached hydrogens (primary N) is 5. The zero-order valence-electron chi connectivity index (χ0n) is 84.6. The molecule has 1 fully saturated rings. The van der Waals surface area contributed by atoms with Gasteiger partial charge in [0.05, 0.1) is 44.4 Å². The Kier molecular flexibility index (Phi) is 57.5. The lowest BCUT2D eigenvalue weighted by Crippen LogP contribution is -2.63. The molecule has 826 valence electrons. The maximum Gasteiger partial charge on any atom is 0.322 e. The van der Waals surface area contributed by atoms with Crippen molar-refractivity contribution >= 4 is 142 Å². The van der Waals surface area contributed by atoms with E-state index in [0.717, 1.165) is 18.7 Å². The van der Waals surface area contributed by atoms with Crippen molar-refractivity contribution in [1.29, 1.82) is 0 Å². The van der Waals surface area contributed by atoms with Crippen molar-refractivity contribution in [2.24, 2.45) is 52.3 Å². The second-order valence-electron chi connectivity index (χ2n) is 37.0. The Morgan fingerprint density at radius 3 is 1.27 bits per heavy atom. The van der Waals surface area contributed by atoms with Gasteiger partial charge >= 0.3 is 17.9 Å². The van der Waals surface area contributed by atoms with Crippen LogP contribution < -0.4 is 124 Å². The fourth-order valence-corrected chi connectivity index (χ4v) is 14.7. The van der Waals surface area contributed by atoms with E-state index in [0.29, 0.717) is 12.0 Å². The monoisotopic (exact) mass is 2090 g/mol. The van der Waals surface area contributed by atoms with Crippen LogP contribution in [0.15, 0.2) is 24.3 Å². The predicted octanol–water partition coefficient (Wildman–Crippen LogP) is -11.4. The minimum Gasteiger partial charge on any atom is -0.508 e. The van der Waals surface area contributed by atoms with Crippen LogP contribution in [0.5, 0.6) is 5.75 Å². The molecule has 0 radical (unpaired) electrons. The molecular weight excluding hydrogens is 1940 g/mol. The van der Waals surface area contributed by atoms with Crippen molar-refractivity contribution in [3.8, 4) is 5.75 Å². The van der Waals surface area contributed by atoms with E-state index >= 15 is 0 Å². The number of amides is 21. The Hall–Kier alpha value is -14.0. The van der Waals surface area contributed by atoms with Gasteiger partial charge in [0.15, 0.2) is 0 Å². The van der Waals surface area contributed by atoms with Crippen LogP contribution in [0.1, 0.15) is 198 Å². The lowest BCUT2D eigenvalue weighted by molar-refractivity contribution is -0.143. The summed E-state index contributed by atoms with van der Waals surface area (Å²) in [4.78, 5) is 325. The maximum absolute atomic E-state index is 14.4. The van der Waals surface area contributed by atoms with E-state index in [2.05, 4.69) is 90.4 Å². The summed E-state index contributed by atoms with van der Waals surface area (Å²) >= 11 is 0. The summed E-state index contributed by atoms with van der Waals surface area (Å²) in [5, 5.41) is 122. The summed E-state index contributed by atoms with van der Waals surface area (Å²) in [6.07, 6.45) is -7.38. The van der Waals surface area contributed by atoms with E-state index in [1.54, 1.807) is 27.7 Å². The molecule has 0 saturated carbocycles. The van der Waals surface area contributed by atoms with Crippen LogP contribution >= 0.6 is 0 Å². The fraction of sp³-hybridized carbons (Fsp3) is 0.670. The number of unbranched alkanes of at least 4 members (excludes halogenated alkanes) is 2. The summed E-state index contributed by atoms with van der Waals surface area (Å²) < 4.78 is 0. The summed E-state index contributed by atoms with van der Waals surface area (Å²) in [6, 6.07) is -23.9. The highest BCUT2D eigenvalue weighted by Gasteiger charge is 2.44. The van der Waals surface area contributed by atoms with E-state index < -0.39 is 346 Å². The number of carbonyl (C=O) groups is 24. The number of aliphatic hydroxyl groups excluding tert-OH is 4. The number of carboxylic acid groups (broad SMARTS) is 3. The number of phenols is 1. The number of aliphatic hydroxyl groups is 4. The molecule has 1 aromatic rings. The van der Waals surface area contributed by atoms with Gasteiger partial charge in [0.25, 0.3) is 0 Å². The van der Waals surface area contributed by atoms with Crippen molar-refractivity contribution in [2.45, 2.75) is 320 Å². The zero-order valence-corrected chi connectivity index (χ0v) is 84.6. The van der Waals surface area contributed by atoms with Crippen molar-refractivity contribution < 1.29 is 156 Å². The smallest absolute Gasteiger partial charge is 0.322 e. The Bertz CT molecular complexity index is 4680. The first-order chi connectivity index (χ1) is 68.9. The van der Waals surface area contributed by atoms with Gasteiger partial charge in [-0.2, -0.15) is 0 Å². The second kappa shape index (κ2) is 65.5. The number of hydrogen-bond donors (Lipinski definition) is 31. The molecule has 1 aromatic carbocycles. The van der Waals surface area contributed by atoms with Gasteiger partial charge in [-0.1, -0.05) is 73.9 Å². The number of likely N-dealkylation sites (tertiary alicyclic amines) is 1. The number of nitrogens with one attached hydrogen (secondary N) is 18. The lowest BCUT2D eigenvalue weighted by Gasteiger charge is -2.30. The molecule has 1 aliphatic heterocycles. The molecule has 0 unspecified atom stereocenters. The summed E-state index contributed by atoms with van der Waals surface area (Å²) in [5.41, 5.74) is 28.6. The van der Waals surface area contributed by atoms with Gasteiger partial charge in [-0.05, 0) is 159 Å². The minimum atomic E-state index is -2.01. The van der Waals surface area contributed by atoms with Gasteiger partial charge in [-0.15, -0.1) is 0 Å². The minimum absolute atomic E-state index is 0.0503. The fourth-order valence-electron chi connectivity index (χ4n) is 14.7. The second-order valence-corrected chi connectivity index (χ2v) is 37.0. The molecular formula is C91H150N24O32. The number of phenolic OH excluding ortho intramolecular Hbond substituents is 1.